The van der Waals surface area contributed by atoms with Crippen molar-refractivity contribution in [1.29, 1.82) is 0 Å². The Hall–Kier alpha value is -2.92. The van der Waals surface area contributed by atoms with E-state index in [4.69, 9.17) is 14.2 Å². The molecule has 2 aromatic carbocycles. The van der Waals surface area contributed by atoms with Crippen molar-refractivity contribution in [1.82, 2.24) is 0 Å². The minimum atomic E-state index is -1.16. The van der Waals surface area contributed by atoms with E-state index in [1.54, 1.807) is 6.08 Å². The van der Waals surface area contributed by atoms with Crippen LogP contribution in [0.5, 0.6) is 0 Å². The van der Waals surface area contributed by atoms with Gasteiger partial charge in [0.15, 0.2) is 5.92 Å². The first-order chi connectivity index (χ1) is 13.6. The Bertz CT molecular complexity index is 745. The number of rotatable bonds is 7. The van der Waals surface area contributed by atoms with Crippen LogP contribution in [0, 0.1) is 5.92 Å². The van der Waals surface area contributed by atoms with Gasteiger partial charge in [-0.1, -0.05) is 72.8 Å². The van der Waals surface area contributed by atoms with E-state index in [0.29, 0.717) is 0 Å². The first kappa shape index (κ1) is 19.8. The van der Waals surface area contributed by atoms with Gasteiger partial charge in [0, 0.05) is 0 Å². The van der Waals surface area contributed by atoms with Crippen LogP contribution in [0.15, 0.2) is 72.8 Å². The topological polar surface area (TPSA) is 61.8 Å². The third-order valence-electron chi connectivity index (χ3n) is 4.47. The van der Waals surface area contributed by atoms with E-state index in [1.165, 1.54) is 0 Å². The minimum absolute atomic E-state index is 0.0821. The van der Waals surface area contributed by atoms with Crippen molar-refractivity contribution in [2.75, 3.05) is 0 Å². The summed E-state index contributed by atoms with van der Waals surface area (Å²) in [5, 5.41) is 0. The number of hydrogen-bond donors (Lipinski definition) is 0. The maximum absolute atomic E-state index is 12.7. The van der Waals surface area contributed by atoms with Crippen LogP contribution in [0.1, 0.15) is 24.5 Å². The zero-order valence-electron chi connectivity index (χ0n) is 15.8. The molecule has 1 aliphatic rings. The number of carbonyl (C=O) groups is 2. The van der Waals surface area contributed by atoms with Crippen molar-refractivity contribution in [3.05, 3.63) is 83.9 Å². The molecule has 0 N–H and O–H groups in total. The molecule has 1 aliphatic heterocycles. The van der Waals surface area contributed by atoms with Gasteiger partial charge in [0.05, 0.1) is 6.10 Å². The van der Waals surface area contributed by atoms with Gasteiger partial charge >= 0.3 is 11.9 Å². The standard InChI is InChI=1S/C23H24O5/c1-17-9-8-14-20(28-17)21(22(24)26-15-18-10-4-2-5-11-18)23(25)27-16-19-12-6-3-7-13-19/h2-8,10-14,17,20-21H,9,15-16H2,1H3/t17-,20+/m0/s1. The van der Waals surface area contributed by atoms with E-state index in [9.17, 15) is 9.59 Å². The minimum Gasteiger partial charge on any atom is -0.460 e. The van der Waals surface area contributed by atoms with Crippen LogP contribution < -0.4 is 0 Å². The molecule has 5 nitrogen and oxygen atoms in total. The quantitative estimate of drug-likeness (QED) is 0.415. The van der Waals surface area contributed by atoms with Crippen LogP contribution in [0.4, 0.5) is 0 Å². The van der Waals surface area contributed by atoms with E-state index in [-0.39, 0.29) is 19.3 Å². The summed E-state index contributed by atoms with van der Waals surface area (Å²) in [7, 11) is 0. The highest BCUT2D eigenvalue weighted by Crippen LogP contribution is 2.22. The maximum atomic E-state index is 12.7. The van der Waals surface area contributed by atoms with Gasteiger partial charge in [-0.15, -0.1) is 0 Å². The molecule has 0 radical (unpaired) electrons. The van der Waals surface area contributed by atoms with Crippen molar-refractivity contribution >= 4 is 11.9 Å². The van der Waals surface area contributed by atoms with Gasteiger partial charge in [0.1, 0.15) is 19.3 Å². The molecule has 0 bridgehead atoms. The van der Waals surface area contributed by atoms with E-state index >= 15 is 0 Å². The number of benzene rings is 2. The molecule has 2 atom stereocenters. The predicted molar refractivity (Wildman–Crippen MR) is 104 cm³/mol. The van der Waals surface area contributed by atoms with Gasteiger partial charge in [-0.25, -0.2) is 0 Å². The summed E-state index contributed by atoms with van der Waals surface area (Å²) < 4.78 is 16.6. The Balaban J connectivity index is 1.68. The van der Waals surface area contributed by atoms with Gasteiger partial charge in [-0.2, -0.15) is 0 Å². The van der Waals surface area contributed by atoms with E-state index in [1.807, 2.05) is 73.7 Å². The zero-order chi connectivity index (χ0) is 19.8. The van der Waals surface area contributed by atoms with E-state index in [0.717, 1.165) is 17.5 Å². The first-order valence-electron chi connectivity index (χ1n) is 9.36. The smallest absolute Gasteiger partial charge is 0.323 e. The van der Waals surface area contributed by atoms with Crippen molar-refractivity contribution in [2.45, 2.75) is 38.8 Å². The highest BCUT2D eigenvalue weighted by molar-refractivity contribution is 5.96. The van der Waals surface area contributed by atoms with Gasteiger partial charge in [0.2, 0.25) is 0 Å². The van der Waals surface area contributed by atoms with Crippen molar-refractivity contribution < 1.29 is 23.8 Å². The largest absolute Gasteiger partial charge is 0.460 e. The molecule has 28 heavy (non-hydrogen) atoms. The lowest BCUT2D eigenvalue weighted by atomic mass is 9.99. The monoisotopic (exact) mass is 380 g/mol. The van der Waals surface area contributed by atoms with Gasteiger partial charge in [0.25, 0.3) is 0 Å². The normalized spacial score (nSPS) is 18.6. The number of carbonyl (C=O) groups excluding carboxylic acids is 2. The van der Waals surface area contributed by atoms with Gasteiger partial charge < -0.3 is 14.2 Å². The fraction of sp³-hybridized carbons (Fsp3) is 0.304. The molecule has 0 amide bonds. The van der Waals surface area contributed by atoms with Gasteiger partial charge in [-0.05, 0) is 24.5 Å². The number of ether oxygens (including phenoxy) is 3. The lowest BCUT2D eigenvalue weighted by Crippen LogP contribution is -2.40. The Morgan fingerprint density at radius 3 is 1.89 bits per heavy atom. The third-order valence-corrected chi connectivity index (χ3v) is 4.47. The second-order valence-corrected chi connectivity index (χ2v) is 6.74. The van der Waals surface area contributed by atoms with Crippen LogP contribution in [-0.4, -0.2) is 24.1 Å². The zero-order valence-corrected chi connectivity index (χ0v) is 15.8. The van der Waals surface area contributed by atoms with E-state index < -0.39 is 24.0 Å². The molecule has 3 rings (SSSR count). The highest BCUT2D eigenvalue weighted by atomic mass is 16.6. The van der Waals surface area contributed by atoms with Crippen molar-refractivity contribution in [3.8, 4) is 0 Å². The van der Waals surface area contributed by atoms with Crippen LogP contribution >= 0.6 is 0 Å². The maximum Gasteiger partial charge on any atom is 0.323 e. The fourth-order valence-electron chi connectivity index (χ4n) is 2.96. The van der Waals surface area contributed by atoms with Crippen molar-refractivity contribution in [3.63, 3.8) is 0 Å². The molecular weight excluding hydrogens is 356 g/mol. The summed E-state index contributed by atoms with van der Waals surface area (Å²) in [6.45, 7) is 2.08. The summed E-state index contributed by atoms with van der Waals surface area (Å²) in [4.78, 5) is 25.5. The molecule has 146 valence electrons. The molecule has 0 saturated heterocycles. The summed E-state index contributed by atoms with van der Waals surface area (Å²) in [5.74, 6) is -2.46. The molecule has 0 aliphatic carbocycles. The van der Waals surface area contributed by atoms with E-state index in [2.05, 4.69) is 0 Å². The average molecular weight is 380 g/mol. The lowest BCUT2D eigenvalue weighted by Gasteiger charge is -2.27. The lowest BCUT2D eigenvalue weighted by molar-refractivity contribution is -0.171. The van der Waals surface area contributed by atoms with Crippen LogP contribution in [0.3, 0.4) is 0 Å². The highest BCUT2D eigenvalue weighted by Gasteiger charge is 2.39. The third kappa shape index (κ3) is 5.54. The Labute approximate surface area is 164 Å². The molecule has 0 unspecified atom stereocenters. The summed E-state index contributed by atoms with van der Waals surface area (Å²) >= 11 is 0. The second kappa shape index (κ2) is 9.85. The Morgan fingerprint density at radius 1 is 0.929 bits per heavy atom. The fourth-order valence-corrected chi connectivity index (χ4v) is 2.96. The second-order valence-electron chi connectivity index (χ2n) is 6.74. The molecule has 0 spiro atoms. The SMILES string of the molecule is C[C@H]1CC=C[C@H](C(C(=O)OCc2ccccc2)C(=O)OCc2ccccc2)O1. The van der Waals surface area contributed by atoms with Crippen LogP contribution in [0.2, 0.25) is 0 Å². The van der Waals surface area contributed by atoms with Gasteiger partial charge in [-0.3, -0.25) is 9.59 Å². The summed E-state index contributed by atoms with van der Waals surface area (Å²) in [5.41, 5.74) is 1.70. The first-order valence-corrected chi connectivity index (χ1v) is 9.36. The molecule has 0 fully saturated rings. The molecule has 5 heteroatoms. The molecule has 0 aromatic heterocycles. The molecular formula is C23H24O5. The molecule has 2 aromatic rings. The summed E-state index contributed by atoms with van der Waals surface area (Å²) in [6.07, 6.45) is 3.61. The van der Waals surface area contributed by atoms with Crippen molar-refractivity contribution in [2.24, 2.45) is 5.92 Å². The Morgan fingerprint density at radius 2 is 1.43 bits per heavy atom. The number of esters is 2. The summed E-state index contributed by atoms with van der Waals surface area (Å²) in [6, 6.07) is 18.7. The Kier molecular flexibility index (Phi) is 6.98. The molecule has 0 saturated carbocycles. The number of hydrogen-bond acceptors (Lipinski definition) is 5. The molecule has 1 heterocycles. The average Bonchev–Trinajstić information content (AvgIpc) is 2.72. The predicted octanol–water partition coefficient (Wildman–Crippen LogP) is 3.82. The van der Waals surface area contributed by atoms with Crippen LogP contribution in [0.25, 0.3) is 0 Å². The van der Waals surface area contributed by atoms with Crippen LogP contribution in [-0.2, 0) is 37.0 Å².